The molecule has 2 N–H and O–H groups in total. The maximum absolute atomic E-state index is 11.5. The van der Waals surface area contributed by atoms with E-state index in [2.05, 4.69) is 5.32 Å². The van der Waals surface area contributed by atoms with Crippen molar-refractivity contribution in [1.82, 2.24) is 10.2 Å². The van der Waals surface area contributed by atoms with Crippen molar-refractivity contribution in [1.29, 1.82) is 0 Å². The van der Waals surface area contributed by atoms with Crippen molar-refractivity contribution in [2.45, 2.75) is 19.4 Å². The van der Waals surface area contributed by atoms with Gasteiger partial charge in [-0.15, -0.1) is 0 Å². The Kier molecular flexibility index (Phi) is 3.46. The summed E-state index contributed by atoms with van der Waals surface area (Å²) in [6, 6.07) is -0.247. The lowest BCUT2D eigenvalue weighted by atomic mass is 10.1. The first-order valence-corrected chi connectivity index (χ1v) is 4.69. The fourth-order valence-electron chi connectivity index (χ4n) is 1.45. The van der Waals surface area contributed by atoms with E-state index < -0.39 is 0 Å². The molecule has 2 unspecified atom stereocenters. The third kappa shape index (κ3) is 2.45. The highest BCUT2D eigenvalue weighted by Crippen LogP contribution is 2.15. The van der Waals surface area contributed by atoms with Crippen molar-refractivity contribution in [2.24, 2.45) is 5.92 Å². The molecule has 5 nitrogen and oxygen atoms in total. The summed E-state index contributed by atoms with van der Waals surface area (Å²) in [5.41, 5.74) is 0. The van der Waals surface area contributed by atoms with Gasteiger partial charge in [0, 0.05) is 26.1 Å². The lowest BCUT2D eigenvalue weighted by molar-refractivity contribution is -0.128. The zero-order valence-corrected chi connectivity index (χ0v) is 8.49. The minimum absolute atomic E-state index is 0.00167. The lowest BCUT2D eigenvalue weighted by Crippen LogP contribution is -2.39. The summed E-state index contributed by atoms with van der Waals surface area (Å²) in [6.07, 6.45) is 0.278. The topological polar surface area (TPSA) is 69.6 Å². The standard InChI is InChI=1S/C9H16N2O3/c1-6(5-12)10-9(14)7-3-8(13)11(2)4-7/h6-7,12H,3-5H2,1-2H3,(H,10,14). The number of hydrogen-bond acceptors (Lipinski definition) is 3. The molecule has 0 aromatic carbocycles. The summed E-state index contributed by atoms with van der Waals surface area (Å²) >= 11 is 0. The highest BCUT2D eigenvalue weighted by molar-refractivity contribution is 5.89. The number of nitrogens with zero attached hydrogens (tertiary/aromatic N) is 1. The van der Waals surface area contributed by atoms with Crippen LogP contribution in [0.3, 0.4) is 0 Å². The first-order chi connectivity index (χ1) is 6.54. The molecule has 0 radical (unpaired) electrons. The Morgan fingerprint density at radius 1 is 1.79 bits per heavy atom. The summed E-state index contributed by atoms with van der Waals surface area (Å²) in [7, 11) is 1.69. The molecule has 0 aromatic heterocycles. The molecular formula is C9H16N2O3. The number of rotatable bonds is 3. The van der Waals surface area contributed by atoms with Gasteiger partial charge in [-0.2, -0.15) is 0 Å². The minimum atomic E-state index is -0.263. The van der Waals surface area contributed by atoms with E-state index in [9.17, 15) is 9.59 Å². The van der Waals surface area contributed by atoms with Gasteiger partial charge in [0.25, 0.3) is 0 Å². The van der Waals surface area contributed by atoms with E-state index in [1.807, 2.05) is 0 Å². The summed E-state index contributed by atoms with van der Waals surface area (Å²) < 4.78 is 0. The van der Waals surface area contributed by atoms with Crippen LogP contribution in [0.2, 0.25) is 0 Å². The van der Waals surface area contributed by atoms with Crippen molar-refractivity contribution in [3.63, 3.8) is 0 Å². The van der Waals surface area contributed by atoms with Crippen LogP contribution < -0.4 is 5.32 Å². The molecule has 0 bridgehead atoms. The average molecular weight is 200 g/mol. The molecule has 1 saturated heterocycles. The minimum Gasteiger partial charge on any atom is -0.394 e. The third-order valence-electron chi connectivity index (χ3n) is 2.37. The second-order valence-electron chi connectivity index (χ2n) is 3.77. The fourth-order valence-corrected chi connectivity index (χ4v) is 1.45. The van der Waals surface area contributed by atoms with Gasteiger partial charge in [-0.3, -0.25) is 9.59 Å². The number of amides is 2. The number of aliphatic hydroxyl groups excluding tert-OH is 1. The lowest BCUT2D eigenvalue weighted by Gasteiger charge is -2.14. The Morgan fingerprint density at radius 2 is 2.43 bits per heavy atom. The molecule has 1 fully saturated rings. The van der Waals surface area contributed by atoms with E-state index in [0.29, 0.717) is 6.54 Å². The van der Waals surface area contributed by atoms with Crippen molar-refractivity contribution >= 4 is 11.8 Å². The summed E-state index contributed by atoms with van der Waals surface area (Å²) in [4.78, 5) is 24.2. The molecule has 1 aliphatic rings. The Bertz CT molecular complexity index is 242. The van der Waals surface area contributed by atoms with Gasteiger partial charge < -0.3 is 15.3 Å². The quantitative estimate of drug-likeness (QED) is 0.611. The molecule has 1 aliphatic heterocycles. The molecule has 14 heavy (non-hydrogen) atoms. The summed E-state index contributed by atoms with van der Waals surface area (Å²) in [5.74, 6) is -0.410. The van der Waals surface area contributed by atoms with Gasteiger partial charge in [0.2, 0.25) is 11.8 Å². The van der Waals surface area contributed by atoms with Crippen LogP contribution in [-0.2, 0) is 9.59 Å². The molecule has 2 atom stereocenters. The van der Waals surface area contributed by atoms with Crippen LogP contribution in [0.4, 0.5) is 0 Å². The SMILES string of the molecule is CC(CO)NC(=O)C1CC(=O)N(C)C1. The van der Waals surface area contributed by atoms with Gasteiger partial charge in [0.1, 0.15) is 0 Å². The number of carbonyl (C=O) groups is 2. The molecule has 1 heterocycles. The second kappa shape index (κ2) is 4.41. The Labute approximate surface area is 83.1 Å². The third-order valence-corrected chi connectivity index (χ3v) is 2.37. The van der Waals surface area contributed by atoms with E-state index in [4.69, 9.17) is 5.11 Å². The van der Waals surface area contributed by atoms with Crippen LogP contribution in [0, 0.1) is 5.92 Å². The first kappa shape index (κ1) is 11.0. The van der Waals surface area contributed by atoms with Crippen LogP contribution in [0.15, 0.2) is 0 Å². The molecule has 80 valence electrons. The van der Waals surface area contributed by atoms with Gasteiger partial charge in [-0.25, -0.2) is 0 Å². The summed E-state index contributed by atoms with van der Waals surface area (Å²) in [5, 5.41) is 11.4. The summed E-state index contributed by atoms with van der Waals surface area (Å²) in [6.45, 7) is 2.11. The maximum atomic E-state index is 11.5. The van der Waals surface area contributed by atoms with Crippen LogP contribution in [0.1, 0.15) is 13.3 Å². The van der Waals surface area contributed by atoms with Crippen LogP contribution in [0.5, 0.6) is 0 Å². The zero-order chi connectivity index (χ0) is 10.7. The Hall–Kier alpha value is -1.10. The van der Waals surface area contributed by atoms with E-state index in [1.54, 1.807) is 18.9 Å². The highest BCUT2D eigenvalue weighted by atomic mass is 16.3. The van der Waals surface area contributed by atoms with Crippen LogP contribution in [0.25, 0.3) is 0 Å². The second-order valence-corrected chi connectivity index (χ2v) is 3.77. The van der Waals surface area contributed by atoms with E-state index >= 15 is 0 Å². The van der Waals surface area contributed by atoms with Gasteiger partial charge in [0.05, 0.1) is 12.5 Å². The largest absolute Gasteiger partial charge is 0.394 e. The van der Waals surface area contributed by atoms with Crippen LogP contribution in [-0.4, -0.2) is 48.1 Å². The molecule has 0 aliphatic carbocycles. The molecule has 5 heteroatoms. The normalized spacial score (nSPS) is 23.8. The van der Waals surface area contributed by atoms with Crippen molar-refractivity contribution < 1.29 is 14.7 Å². The Morgan fingerprint density at radius 3 is 2.86 bits per heavy atom. The van der Waals surface area contributed by atoms with Gasteiger partial charge in [0.15, 0.2) is 0 Å². The van der Waals surface area contributed by atoms with Gasteiger partial charge in [-0.1, -0.05) is 0 Å². The van der Waals surface area contributed by atoms with E-state index in [0.717, 1.165) is 0 Å². The molecular weight excluding hydrogens is 184 g/mol. The fraction of sp³-hybridized carbons (Fsp3) is 0.778. The molecule has 0 saturated carbocycles. The first-order valence-electron chi connectivity index (χ1n) is 4.69. The van der Waals surface area contributed by atoms with Crippen molar-refractivity contribution in [3.05, 3.63) is 0 Å². The smallest absolute Gasteiger partial charge is 0.225 e. The monoisotopic (exact) mass is 200 g/mol. The van der Waals surface area contributed by atoms with Crippen LogP contribution >= 0.6 is 0 Å². The molecule has 0 spiro atoms. The van der Waals surface area contributed by atoms with E-state index in [1.165, 1.54) is 0 Å². The van der Waals surface area contributed by atoms with Crippen molar-refractivity contribution in [3.8, 4) is 0 Å². The zero-order valence-electron chi connectivity index (χ0n) is 8.49. The molecule has 2 amide bonds. The van der Waals surface area contributed by atoms with E-state index in [-0.39, 0.29) is 36.8 Å². The maximum Gasteiger partial charge on any atom is 0.225 e. The Balaban J connectivity index is 2.43. The number of hydrogen-bond donors (Lipinski definition) is 2. The predicted molar refractivity (Wildman–Crippen MR) is 50.4 cm³/mol. The predicted octanol–water partition coefficient (Wildman–Crippen LogP) is -1.04. The molecule has 0 aromatic rings. The van der Waals surface area contributed by atoms with Gasteiger partial charge in [-0.05, 0) is 6.92 Å². The number of nitrogens with one attached hydrogen (secondary N) is 1. The number of likely N-dealkylation sites (tertiary alicyclic amines) is 1. The number of aliphatic hydroxyl groups is 1. The highest BCUT2D eigenvalue weighted by Gasteiger charge is 2.32. The average Bonchev–Trinajstić information content (AvgIpc) is 2.47. The number of carbonyl (C=O) groups excluding carboxylic acids is 2. The van der Waals surface area contributed by atoms with Crippen molar-refractivity contribution in [2.75, 3.05) is 20.2 Å². The van der Waals surface area contributed by atoms with Gasteiger partial charge >= 0.3 is 0 Å². The molecule has 1 rings (SSSR count).